The van der Waals surface area contributed by atoms with E-state index in [2.05, 4.69) is 5.32 Å². The number of nitrogens with two attached hydrogens (primary N) is 1. The molecule has 21 heavy (non-hydrogen) atoms. The molecule has 6 heteroatoms. The highest BCUT2D eigenvalue weighted by molar-refractivity contribution is 5.98. The summed E-state index contributed by atoms with van der Waals surface area (Å²) in [5.41, 5.74) is 5.97. The zero-order chi connectivity index (χ0) is 15.0. The van der Waals surface area contributed by atoms with E-state index in [1.807, 2.05) is 0 Å². The highest BCUT2D eigenvalue weighted by atomic mass is 19.1. The van der Waals surface area contributed by atoms with Crippen LogP contribution < -0.4 is 11.1 Å². The van der Waals surface area contributed by atoms with Crippen molar-refractivity contribution in [1.82, 2.24) is 10.2 Å². The molecule has 2 amide bonds. The number of hydrogen-bond acceptors (Lipinski definition) is 3. The first-order valence-electron chi connectivity index (χ1n) is 7.22. The number of carbonyl (C=O) groups is 2. The molecule has 1 aliphatic carbocycles. The van der Waals surface area contributed by atoms with Crippen LogP contribution in [-0.4, -0.2) is 35.3 Å². The van der Waals surface area contributed by atoms with E-state index >= 15 is 0 Å². The lowest BCUT2D eigenvalue weighted by molar-refractivity contribution is -0.125. The fraction of sp³-hybridized carbons (Fsp3) is 0.467. The van der Waals surface area contributed by atoms with Crippen molar-refractivity contribution in [2.75, 3.05) is 12.3 Å². The molecule has 1 heterocycles. The van der Waals surface area contributed by atoms with Gasteiger partial charge >= 0.3 is 0 Å². The summed E-state index contributed by atoms with van der Waals surface area (Å²) >= 11 is 0. The lowest BCUT2D eigenvalue weighted by atomic mass is 10.1. The lowest BCUT2D eigenvalue weighted by Crippen LogP contribution is -2.46. The number of halogens is 1. The molecular formula is C15H18FN3O2. The van der Waals surface area contributed by atoms with Gasteiger partial charge in [-0.3, -0.25) is 9.59 Å². The minimum Gasteiger partial charge on any atom is -0.399 e. The number of nitrogen functional groups attached to an aromatic ring is 1. The molecule has 1 aliphatic heterocycles. The van der Waals surface area contributed by atoms with Crippen LogP contribution in [0.2, 0.25) is 0 Å². The maximum atomic E-state index is 13.4. The molecule has 1 saturated heterocycles. The van der Waals surface area contributed by atoms with Gasteiger partial charge in [-0.25, -0.2) is 4.39 Å². The van der Waals surface area contributed by atoms with Gasteiger partial charge < -0.3 is 16.0 Å². The molecule has 1 aromatic carbocycles. The Morgan fingerprint density at radius 2 is 2.00 bits per heavy atom. The van der Waals surface area contributed by atoms with Gasteiger partial charge in [0.15, 0.2) is 0 Å². The van der Waals surface area contributed by atoms with Crippen LogP contribution in [0, 0.1) is 5.82 Å². The van der Waals surface area contributed by atoms with E-state index in [4.69, 9.17) is 5.73 Å². The molecule has 2 aliphatic rings. The third-order valence-electron chi connectivity index (χ3n) is 3.91. The normalized spacial score (nSPS) is 21.4. The number of benzene rings is 1. The summed E-state index contributed by atoms with van der Waals surface area (Å²) < 4.78 is 13.4. The van der Waals surface area contributed by atoms with E-state index in [9.17, 15) is 14.0 Å². The Balaban J connectivity index is 1.77. The Hall–Kier alpha value is -2.11. The monoisotopic (exact) mass is 291 g/mol. The van der Waals surface area contributed by atoms with Crippen molar-refractivity contribution < 1.29 is 14.0 Å². The molecule has 0 aromatic heterocycles. The fourth-order valence-corrected chi connectivity index (χ4v) is 2.71. The SMILES string of the molecule is Nc1cc(F)cc(C(=O)N2CCCC2C(=O)NC2CC2)c1. The average Bonchev–Trinajstić information content (AvgIpc) is 3.09. The van der Waals surface area contributed by atoms with Crippen molar-refractivity contribution in [3.8, 4) is 0 Å². The van der Waals surface area contributed by atoms with Crippen molar-refractivity contribution in [3.63, 3.8) is 0 Å². The number of nitrogens with one attached hydrogen (secondary N) is 1. The van der Waals surface area contributed by atoms with Gasteiger partial charge in [0.05, 0.1) is 0 Å². The Labute approximate surface area is 122 Å². The highest BCUT2D eigenvalue weighted by Gasteiger charge is 2.36. The minimum absolute atomic E-state index is 0.104. The van der Waals surface area contributed by atoms with Gasteiger partial charge in [0.2, 0.25) is 5.91 Å². The quantitative estimate of drug-likeness (QED) is 0.824. The van der Waals surface area contributed by atoms with Crippen molar-refractivity contribution in [1.29, 1.82) is 0 Å². The third-order valence-corrected chi connectivity index (χ3v) is 3.91. The van der Waals surface area contributed by atoms with Gasteiger partial charge in [0.1, 0.15) is 11.9 Å². The van der Waals surface area contributed by atoms with Crippen molar-refractivity contribution in [2.45, 2.75) is 37.8 Å². The van der Waals surface area contributed by atoms with Gasteiger partial charge in [-0.05, 0) is 43.9 Å². The van der Waals surface area contributed by atoms with Crippen LogP contribution in [0.25, 0.3) is 0 Å². The standard InChI is InChI=1S/C15H18FN3O2/c16-10-6-9(7-11(17)8-10)15(21)19-5-1-2-13(19)14(20)18-12-3-4-12/h6-8,12-13H,1-5,17H2,(H,18,20). The molecule has 1 aromatic rings. The molecule has 5 nitrogen and oxygen atoms in total. The number of rotatable bonds is 3. The number of likely N-dealkylation sites (tertiary alicyclic amines) is 1. The van der Waals surface area contributed by atoms with Gasteiger partial charge in [-0.15, -0.1) is 0 Å². The summed E-state index contributed by atoms with van der Waals surface area (Å²) in [6.07, 6.45) is 3.44. The Morgan fingerprint density at radius 3 is 2.67 bits per heavy atom. The molecule has 3 N–H and O–H groups in total. The highest BCUT2D eigenvalue weighted by Crippen LogP contribution is 2.24. The summed E-state index contributed by atoms with van der Waals surface area (Å²) in [4.78, 5) is 26.2. The summed E-state index contributed by atoms with van der Waals surface area (Å²) in [5, 5.41) is 2.92. The van der Waals surface area contributed by atoms with E-state index in [-0.39, 0.29) is 29.1 Å². The molecule has 112 valence electrons. The largest absolute Gasteiger partial charge is 0.399 e. The Kier molecular flexibility index (Phi) is 3.53. The maximum Gasteiger partial charge on any atom is 0.254 e. The fourth-order valence-electron chi connectivity index (χ4n) is 2.71. The molecule has 0 radical (unpaired) electrons. The van der Waals surface area contributed by atoms with Crippen LogP contribution in [-0.2, 0) is 4.79 Å². The Bertz CT molecular complexity index is 566. The second-order valence-corrected chi connectivity index (χ2v) is 5.71. The van der Waals surface area contributed by atoms with E-state index in [1.54, 1.807) is 0 Å². The maximum absolute atomic E-state index is 13.4. The third kappa shape index (κ3) is 2.99. The predicted molar refractivity (Wildman–Crippen MR) is 76.0 cm³/mol. The lowest BCUT2D eigenvalue weighted by Gasteiger charge is -2.24. The van der Waals surface area contributed by atoms with E-state index < -0.39 is 11.9 Å². The first-order valence-corrected chi connectivity index (χ1v) is 7.22. The first kappa shape index (κ1) is 13.9. The molecule has 1 saturated carbocycles. The topological polar surface area (TPSA) is 75.4 Å². The van der Waals surface area contributed by atoms with Crippen LogP contribution >= 0.6 is 0 Å². The van der Waals surface area contributed by atoms with Gasteiger partial charge in [-0.1, -0.05) is 0 Å². The molecule has 1 atom stereocenters. The van der Waals surface area contributed by atoms with Crippen molar-refractivity contribution in [3.05, 3.63) is 29.6 Å². The number of amides is 2. The summed E-state index contributed by atoms with van der Waals surface area (Å²) in [7, 11) is 0. The minimum atomic E-state index is -0.545. The number of carbonyl (C=O) groups excluding carboxylic acids is 2. The average molecular weight is 291 g/mol. The second kappa shape index (κ2) is 5.35. The number of anilines is 1. The number of nitrogens with zero attached hydrogens (tertiary/aromatic N) is 1. The summed E-state index contributed by atoms with van der Waals surface area (Å²) in [6, 6.07) is 3.58. The van der Waals surface area contributed by atoms with Crippen molar-refractivity contribution >= 4 is 17.5 Å². The zero-order valence-corrected chi connectivity index (χ0v) is 11.6. The second-order valence-electron chi connectivity index (χ2n) is 5.71. The van der Waals surface area contributed by atoms with E-state index in [0.717, 1.165) is 31.4 Å². The molecular weight excluding hydrogens is 273 g/mol. The van der Waals surface area contributed by atoms with Crippen molar-refractivity contribution in [2.24, 2.45) is 0 Å². The van der Waals surface area contributed by atoms with Crippen LogP contribution in [0.1, 0.15) is 36.0 Å². The van der Waals surface area contributed by atoms with Crippen LogP contribution in [0.3, 0.4) is 0 Å². The van der Waals surface area contributed by atoms with Crippen LogP contribution in [0.15, 0.2) is 18.2 Å². The summed E-state index contributed by atoms with van der Waals surface area (Å²) in [6.45, 7) is 0.512. The van der Waals surface area contributed by atoms with Gasteiger partial charge in [0, 0.05) is 23.8 Å². The predicted octanol–water partition coefficient (Wildman–Crippen LogP) is 1.29. The Morgan fingerprint density at radius 1 is 1.24 bits per heavy atom. The summed E-state index contributed by atoms with van der Waals surface area (Å²) in [5.74, 6) is -0.987. The molecule has 3 rings (SSSR count). The zero-order valence-electron chi connectivity index (χ0n) is 11.6. The first-order chi connectivity index (χ1) is 10.0. The van der Waals surface area contributed by atoms with Crippen LogP contribution in [0.5, 0.6) is 0 Å². The smallest absolute Gasteiger partial charge is 0.254 e. The molecule has 2 fully saturated rings. The van der Waals surface area contributed by atoms with Gasteiger partial charge in [0.25, 0.3) is 5.91 Å². The van der Waals surface area contributed by atoms with Crippen LogP contribution in [0.4, 0.5) is 10.1 Å². The van der Waals surface area contributed by atoms with Gasteiger partial charge in [-0.2, -0.15) is 0 Å². The van der Waals surface area contributed by atoms with E-state index in [1.165, 1.54) is 11.0 Å². The molecule has 0 bridgehead atoms. The molecule has 1 unspecified atom stereocenters. The van der Waals surface area contributed by atoms with E-state index in [0.29, 0.717) is 13.0 Å². The molecule has 0 spiro atoms. The number of hydrogen-bond donors (Lipinski definition) is 2.